The summed E-state index contributed by atoms with van der Waals surface area (Å²) in [6.45, 7) is 6.87. The number of hydrogen-bond donors (Lipinski definition) is 2. The molecule has 5 aliphatic rings. The number of H-pyrrole nitrogens is 1. The lowest BCUT2D eigenvalue weighted by molar-refractivity contribution is -0.557. The number of carbonyl (C=O) groups excluding carboxylic acids is 2. The maximum Gasteiger partial charge on any atom is 0.295 e. The minimum absolute atomic E-state index is 0.0120. The van der Waals surface area contributed by atoms with Crippen molar-refractivity contribution in [2.24, 2.45) is 28.7 Å². The lowest BCUT2D eigenvalue weighted by Crippen LogP contribution is -2.69. The van der Waals surface area contributed by atoms with Crippen LogP contribution in [0.4, 0.5) is 0 Å². The molecule has 1 aliphatic carbocycles. The third kappa shape index (κ3) is 4.47. The second-order valence-corrected chi connectivity index (χ2v) is 10.5. The number of ether oxygens (including phenoxy) is 3. The molecule has 192 valence electrons. The number of aliphatic imine (C=N–C) groups is 1. The summed E-state index contributed by atoms with van der Waals surface area (Å²) in [5, 5.41) is 2.74. The number of amides is 1. The summed E-state index contributed by atoms with van der Waals surface area (Å²) in [4.78, 5) is 43.1. The molecule has 1 amide bonds. The Morgan fingerprint density at radius 3 is 2.94 bits per heavy atom. The van der Waals surface area contributed by atoms with E-state index in [1.165, 1.54) is 0 Å². The molecule has 0 radical (unpaired) electrons. The maximum absolute atomic E-state index is 12.5. The molecule has 6 rings (SSSR count). The summed E-state index contributed by atoms with van der Waals surface area (Å²) < 4.78 is 17.7. The Bertz CT molecular complexity index is 953. The zero-order chi connectivity index (χ0) is 24.6. The molecule has 0 aromatic carbocycles. The van der Waals surface area contributed by atoms with Gasteiger partial charge in [0.25, 0.3) is 6.47 Å². The Kier molecular flexibility index (Phi) is 6.63. The van der Waals surface area contributed by atoms with Crippen molar-refractivity contribution < 1.29 is 33.6 Å². The van der Waals surface area contributed by atoms with E-state index in [0.717, 1.165) is 31.4 Å². The molecule has 1 saturated carbocycles. The topological polar surface area (TPSA) is 120 Å². The predicted molar refractivity (Wildman–Crippen MR) is 124 cm³/mol. The van der Waals surface area contributed by atoms with Crippen LogP contribution in [0, 0.1) is 23.7 Å². The van der Waals surface area contributed by atoms with Gasteiger partial charge >= 0.3 is 0 Å². The van der Waals surface area contributed by atoms with E-state index >= 15 is 0 Å². The molecular formula is C25H35N3O7. The third-order valence-electron chi connectivity index (χ3n) is 8.21. The first-order valence-electron chi connectivity index (χ1n) is 12.6. The second kappa shape index (κ2) is 9.55. The van der Waals surface area contributed by atoms with Gasteiger partial charge in [-0.25, -0.2) is 9.78 Å². The number of nitrogens with zero attached hydrogens (tertiary/aromatic N) is 1. The molecular weight excluding hydrogens is 454 g/mol. The number of aromatic nitrogens is 1. The number of aromatic amines is 1. The first-order chi connectivity index (χ1) is 16.8. The minimum Gasteiger partial charge on any atom is -0.448 e. The Hall–Kier alpha value is -2.43. The lowest BCUT2D eigenvalue weighted by atomic mass is 9.58. The van der Waals surface area contributed by atoms with Gasteiger partial charge in [0.05, 0.1) is 6.54 Å². The van der Waals surface area contributed by atoms with Crippen molar-refractivity contribution >= 4 is 18.3 Å². The van der Waals surface area contributed by atoms with E-state index in [1.54, 1.807) is 6.20 Å². The van der Waals surface area contributed by atoms with Gasteiger partial charge in [-0.05, 0) is 44.2 Å². The molecule has 1 aromatic heterocycles. The van der Waals surface area contributed by atoms with Crippen LogP contribution >= 0.6 is 0 Å². The number of rotatable bonds is 8. The fourth-order valence-electron chi connectivity index (χ4n) is 6.37. The highest BCUT2D eigenvalue weighted by atomic mass is 17.3. The van der Waals surface area contributed by atoms with E-state index < -0.39 is 23.9 Å². The van der Waals surface area contributed by atoms with Gasteiger partial charge in [-0.15, -0.1) is 0 Å². The standard InChI is InChI=1S/C25H35N3O7/c1-15-6-7-19-16(2)22(32-23-25(19)18(15)8-10-24(3,33-23)34-35-25)27-12-9-20(30)28-21(31-14-29)13-17-5-4-11-26-17/h4-5,11,14-16,18-19,21,23,26H,6-10,12-13H2,1-3H3,(H,28,30). The molecule has 35 heavy (non-hydrogen) atoms. The van der Waals surface area contributed by atoms with E-state index in [0.29, 0.717) is 30.6 Å². The molecule has 10 nitrogen and oxygen atoms in total. The van der Waals surface area contributed by atoms with Gasteiger partial charge in [-0.3, -0.25) is 14.6 Å². The summed E-state index contributed by atoms with van der Waals surface area (Å²) in [6.07, 6.45) is 4.76. The van der Waals surface area contributed by atoms with Crippen molar-refractivity contribution in [1.29, 1.82) is 0 Å². The average Bonchev–Trinajstić information content (AvgIpc) is 3.22. The SMILES string of the molecule is CC1CCC2C(C)C(=NCCC(=O)NC(Cc3ccc[nH]3)OC=O)OC3OC4(C)CCC1C32OO4. The maximum atomic E-state index is 12.5. The lowest BCUT2D eigenvalue weighted by Gasteiger charge is -2.58. The van der Waals surface area contributed by atoms with Crippen molar-refractivity contribution in [2.75, 3.05) is 6.54 Å². The zero-order valence-corrected chi connectivity index (χ0v) is 20.5. The highest BCUT2D eigenvalue weighted by Gasteiger charge is 2.69. The van der Waals surface area contributed by atoms with E-state index in [-0.39, 0.29) is 30.7 Å². The summed E-state index contributed by atoms with van der Waals surface area (Å²) in [7, 11) is 0. The van der Waals surface area contributed by atoms with E-state index in [2.05, 4.69) is 29.1 Å². The molecule has 8 atom stereocenters. The normalized spacial score (nSPS) is 39.7. The van der Waals surface area contributed by atoms with Crippen LogP contribution in [0.25, 0.3) is 0 Å². The minimum atomic E-state index is -0.837. The Balaban J connectivity index is 1.25. The van der Waals surface area contributed by atoms with Gasteiger partial charge in [0, 0.05) is 48.9 Å². The van der Waals surface area contributed by atoms with Crippen molar-refractivity contribution in [2.45, 2.75) is 83.2 Å². The first kappa shape index (κ1) is 24.3. The van der Waals surface area contributed by atoms with Crippen LogP contribution in [0.5, 0.6) is 0 Å². The van der Waals surface area contributed by atoms with E-state index in [9.17, 15) is 9.59 Å². The first-order valence-corrected chi connectivity index (χ1v) is 12.6. The van der Waals surface area contributed by atoms with Gasteiger partial charge in [0.15, 0.2) is 17.7 Å². The zero-order valence-electron chi connectivity index (χ0n) is 20.5. The molecule has 8 unspecified atom stereocenters. The molecule has 1 aromatic rings. The van der Waals surface area contributed by atoms with Gasteiger partial charge in [-0.1, -0.05) is 13.8 Å². The number of fused-ring (bicyclic) bond motifs is 2. The highest BCUT2D eigenvalue weighted by molar-refractivity contribution is 5.81. The Labute approximate surface area is 205 Å². The van der Waals surface area contributed by atoms with E-state index in [1.807, 2.05) is 19.1 Å². The fourth-order valence-corrected chi connectivity index (χ4v) is 6.37. The molecule has 5 heterocycles. The highest BCUT2D eigenvalue weighted by Crippen LogP contribution is 2.59. The quantitative estimate of drug-likeness (QED) is 0.327. The average molecular weight is 490 g/mol. The van der Waals surface area contributed by atoms with Crippen molar-refractivity contribution in [3.63, 3.8) is 0 Å². The summed E-state index contributed by atoms with van der Waals surface area (Å²) >= 11 is 0. The van der Waals surface area contributed by atoms with Crippen LogP contribution in [0.2, 0.25) is 0 Å². The summed E-state index contributed by atoms with van der Waals surface area (Å²) in [6, 6.07) is 3.71. The van der Waals surface area contributed by atoms with Crippen molar-refractivity contribution in [3.8, 4) is 0 Å². The monoisotopic (exact) mass is 489 g/mol. The van der Waals surface area contributed by atoms with Gasteiger partial charge in [-0.2, -0.15) is 0 Å². The van der Waals surface area contributed by atoms with Crippen molar-refractivity contribution in [3.05, 3.63) is 24.0 Å². The fraction of sp³-hybridized carbons (Fsp3) is 0.720. The molecule has 2 N–H and O–H groups in total. The molecule has 2 bridgehead atoms. The van der Waals surface area contributed by atoms with Gasteiger partial charge in [0.2, 0.25) is 18.0 Å². The smallest absolute Gasteiger partial charge is 0.295 e. The molecule has 10 heteroatoms. The van der Waals surface area contributed by atoms with Crippen LogP contribution in [-0.4, -0.2) is 53.7 Å². The number of carbonyl (C=O) groups is 2. The van der Waals surface area contributed by atoms with Gasteiger partial charge < -0.3 is 24.5 Å². The number of hydrogen-bond acceptors (Lipinski definition) is 8. The Morgan fingerprint density at radius 2 is 2.17 bits per heavy atom. The molecule has 5 fully saturated rings. The molecule has 4 saturated heterocycles. The van der Waals surface area contributed by atoms with Crippen LogP contribution in [0.3, 0.4) is 0 Å². The van der Waals surface area contributed by atoms with Crippen LogP contribution < -0.4 is 5.32 Å². The van der Waals surface area contributed by atoms with Crippen LogP contribution in [0.15, 0.2) is 23.3 Å². The van der Waals surface area contributed by atoms with E-state index in [4.69, 9.17) is 24.0 Å². The second-order valence-electron chi connectivity index (χ2n) is 10.5. The molecule has 1 spiro atoms. The summed E-state index contributed by atoms with van der Waals surface area (Å²) in [5.41, 5.74) is 0.217. The summed E-state index contributed by atoms with van der Waals surface area (Å²) in [5.74, 6) is 0.454. The van der Waals surface area contributed by atoms with Gasteiger partial charge in [0.1, 0.15) is 0 Å². The Morgan fingerprint density at radius 1 is 1.31 bits per heavy atom. The molecule has 4 aliphatic heterocycles. The predicted octanol–water partition coefficient (Wildman–Crippen LogP) is 2.84. The largest absolute Gasteiger partial charge is 0.448 e. The third-order valence-corrected chi connectivity index (χ3v) is 8.21. The number of nitrogens with one attached hydrogen (secondary N) is 2. The van der Waals surface area contributed by atoms with Crippen LogP contribution in [0.1, 0.15) is 58.6 Å². The van der Waals surface area contributed by atoms with Crippen molar-refractivity contribution in [1.82, 2.24) is 10.3 Å². The van der Waals surface area contributed by atoms with Crippen LogP contribution in [-0.2, 0) is 40.0 Å².